The van der Waals surface area contributed by atoms with Crippen LogP contribution in [0.4, 0.5) is 0 Å². The molecule has 0 aromatic carbocycles. The average molecular weight is 132 g/mol. The molecule has 0 aliphatic carbocycles. The lowest BCUT2D eigenvalue weighted by atomic mass is 10.1. The molecule has 2 atom stereocenters. The minimum absolute atomic E-state index is 0.363. The Hall–Kier alpha value is 0.0500. The Kier molecular flexibility index (Phi) is 4.01. The summed E-state index contributed by atoms with van der Waals surface area (Å²) in [4.78, 5) is 0. The third-order valence-electron chi connectivity index (χ3n) is 0.985. The molecule has 2 unspecified atom stereocenters. The summed E-state index contributed by atoms with van der Waals surface area (Å²) in [5.74, 6) is 0.363. The van der Waals surface area contributed by atoms with Gasteiger partial charge in [-0.1, -0.05) is 13.0 Å². The Labute approximate surface area is 55.8 Å². The largest absolute Gasteiger partial charge is 0.383 e. The molecule has 0 saturated heterocycles. The summed E-state index contributed by atoms with van der Waals surface area (Å²) in [6, 6.07) is 0. The smallest absolute Gasteiger partial charge is 0.0970 e. The molecule has 1 nitrogen and oxygen atoms in total. The van der Waals surface area contributed by atoms with Crippen molar-refractivity contribution in [3.8, 4) is 0 Å². The topological polar surface area (TPSA) is 20.2 Å². The molecule has 0 heterocycles. The van der Waals surface area contributed by atoms with Crippen LogP contribution < -0.4 is 0 Å². The molecule has 2 heteroatoms. The van der Waals surface area contributed by atoms with E-state index < -0.39 is 5.44 Å². The van der Waals surface area contributed by atoms with Crippen LogP contribution in [0, 0.1) is 5.92 Å². The first-order valence-electron chi connectivity index (χ1n) is 2.65. The first-order valence-corrected chi connectivity index (χ1v) is 3.17. The molecule has 0 rings (SSSR count). The van der Waals surface area contributed by atoms with Gasteiger partial charge in [0.15, 0.2) is 0 Å². The molecule has 0 aliphatic heterocycles. The SMILES string of the molecule is C=CC(C)CC(O)S. The fourth-order valence-electron chi connectivity index (χ4n) is 0.429. The quantitative estimate of drug-likeness (QED) is 0.338. The third kappa shape index (κ3) is 4.22. The van der Waals surface area contributed by atoms with Gasteiger partial charge in [0, 0.05) is 0 Å². The predicted molar refractivity (Wildman–Crippen MR) is 39.0 cm³/mol. The van der Waals surface area contributed by atoms with E-state index >= 15 is 0 Å². The highest BCUT2D eigenvalue weighted by Crippen LogP contribution is 2.07. The lowest BCUT2D eigenvalue weighted by Crippen LogP contribution is -2.01. The van der Waals surface area contributed by atoms with Gasteiger partial charge in [0.2, 0.25) is 0 Å². The van der Waals surface area contributed by atoms with Gasteiger partial charge in [0.25, 0.3) is 0 Å². The van der Waals surface area contributed by atoms with E-state index in [1.807, 2.05) is 6.92 Å². The van der Waals surface area contributed by atoms with Crippen LogP contribution in [0.5, 0.6) is 0 Å². The number of aliphatic hydroxyl groups is 1. The van der Waals surface area contributed by atoms with Crippen molar-refractivity contribution in [3.63, 3.8) is 0 Å². The van der Waals surface area contributed by atoms with Crippen LogP contribution in [-0.4, -0.2) is 10.5 Å². The maximum absolute atomic E-state index is 8.67. The fourth-order valence-corrected chi connectivity index (χ4v) is 0.761. The summed E-state index contributed by atoms with van der Waals surface area (Å²) in [5.41, 5.74) is -0.497. The molecule has 0 radical (unpaired) electrons. The van der Waals surface area contributed by atoms with Crippen molar-refractivity contribution < 1.29 is 5.11 Å². The van der Waals surface area contributed by atoms with Crippen LogP contribution in [0.25, 0.3) is 0 Å². The van der Waals surface area contributed by atoms with Crippen LogP contribution in [0.2, 0.25) is 0 Å². The van der Waals surface area contributed by atoms with Gasteiger partial charge in [-0.15, -0.1) is 19.2 Å². The summed E-state index contributed by atoms with van der Waals surface area (Å²) in [6.07, 6.45) is 2.49. The van der Waals surface area contributed by atoms with E-state index in [1.165, 1.54) is 0 Å². The van der Waals surface area contributed by atoms with Crippen molar-refractivity contribution in [3.05, 3.63) is 12.7 Å². The van der Waals surface area contributed by atoms with Crippen LogP contribution in [-0.2, 0) is 0 Å². The lowest BCUT2D eigenvalue weighted by molar-refractivity contribution is 0.241. The van der Waals surface area contributed by atoms with Gasteiger partial charge in [-0.25, -0.2) is 0 Å². The van der Waals surface area contributed by atoms with E-state index in [1.54, 1.807) is 6.08 Å². The number of aliphatic hydroxyl groups excluding tert-OH is 1. The molecule has 0 aromatic rings. The maximum Gasteiger partial charge on any atom is 0.0970 e. The Morgan fingerprint density at radius 1 is 1.88 bits per heavy atom. The lowest BCUT2D eigenvalue weighted by Gasteiger charge is -2.05. The molecule has 0 saturated carbocycles. The van der Waals surface area contributed by atoms with Crippen molar-refractivity contribution in [2.75, 3.05) is 0 Å². The van der Waals surface area contributed by atoms with Gasteiger partial charge in [-0.3, -0.25) is 0 Å². The number of hydrogen-bond acceptors (Lipinski definition) is 2. The normalized spacial score (nSPS) is 17.4. The summed E-state index contributed by atoms with van der Waals surface area (Å²) in [6.45, 7) is 5.56. The second-order valence-corrected chi connectivity index (χ2v) is 2.53. The maximum atomic E-state index is 8.67. The van der Waals surface area contributed by atoms with Crippen molar-refractivity contribution in [2.24, 2.45) is 5.92 Å². The molecular weight excluding hydrogens is 120 g/mol. The van der Waals surface area contributed by atoms with Crippen LogP contribution in [0.15, 0.2) is 12.7 Å². The molecule has 0 aliphatic rings. The highest BCUT2D eigenvalue weighted by molar-refractivity contribution is 7.80. The molecule has 0 amide bonds. The molecule has 0 bridgehead atoms. The van der Waals surface area contributed by atoms with Crippen molar-refractivity contribution in [2.45, 2.75) is 18.8 Å². The Bertz CT molecular complexity index is 70.9. The van der Waals surface area contributed by atoms with Crippen LogP contribution >= 0.6 is 12.6 Å². The highest BCUT2D eigenvalue weighted by atomic mass is 32.1. The van der Waals surface area contributed by atoms with Crippen molar-refractivity contribution in [1.82, 2.24) is 0 Å². The zero-order valence-corrected chi connectivity index (χ0v) is 5.94. The van der Waals surface area contributed by atoms with E-state index in [0.717, 1.165) is 0 Å². The van der Waals surface area contributed by atoms with E-state index in [-0.39, 0.29) is 0 Å². The minimum atomic E-state index is -0.497. The van der Waals surface area contributed by atoms with E-state index in [4.69, 9.17) is 5.11 Å². The number of allylic oxidation sites excluding steroid dienone is 1. The van der Waals surface area contributed by atoms with Gasteiger partial charge in [0.05, 0.1) is 5.44 Å². The Morgan fingerprint density at radius 2 is 2.38 bits per heavy atom. The molecule has 8 heavy (non-hydrogen) atoms. The zero-order chi connectivity index (χ0) is 6.57. The second kappa shape index (κ2) is 3.98. The van der Waals surface area contributed by atoms with Crippen molar-refractivity contribution in [1.29, 1.82) is 0 Å². The summed E-state index contributed by atoms with van der Waals surface area (Å²) < 4.78 is 0. The molecule has 48 valence electrons. The van der Waals surface area contributed by atoms with E-state index in [2.05, 4.69) is 19.2 Å². The summed E-state index contributed by atoms with van der Waals surface area (Å²) >= 11 is 3.80. The summed E-state index contributed by atoms with van der Waals surface area (Å²) in [5, 5.41) is 8.67. The van der Waals surface area contributed by atoms with Gasteiger partial charge < -0.3 is 5.11 Å². The van der Waals surface area contributed by atoms with Crippen molar-refractivity contribution >= 4 is 12.6 Å². The van der Waals surface area contributed by atoms with Crippen LogP contribution in [0.1, 0.15) is 13.3 Å². The standard InChI is InChI=1S/C6H12OS/c1-3-5(2)4-6(7)8/h3,5-8H,1,4H2,2H3. The number of hydrogen-bond donors (Lipinski definition) is 2. The molecule has 1 N–H and O–H groups in total. The zero-order valence-electron chi connectivity index (χ0n) is 5.04. The monoisotopic (exact) mass is 132 g/mol. The van der Waals surface area contributed by atoms with E-state index in [0.29, 0.717) is 12.3 Å². The number of thiol groups is 1. The fraction of sp³-hybridized carbons (Fsp3) is 0.667. The number of rotatable bonds is 3. The van der Waals surface area contributed by atoms with Gasteiger partial charge in [0.1, 0.15) is 0 Å². The molecular formula is C6H12OS. The van der Waals surface area contributed by atoms with Crippen LogP contribution in [0.3, 0.4) is 0 Å². The average Bonchev–Trinajstić information content (AvgIpc) is 1.65. The van der Waals surface area contributed by atoms with Gasteiger partial charge >= 0.3 is 0 Å². The first kappa shape index (κ1) is 8.05. The Balaban J connectivity index is 3.23. The minimum Gasteiger partial charge on any atom is -0.383 e. The van der Waals surface area contributed by atoms with E-state index in [9.17, 15) is 0 Å². The van der Waals surface area contributed by atoms with Gasteiger partial charge in [-0.05, 0) is 12.3 Å². The Morgan fingerprint density at radius 3 is 2.50 bits per heavy atom. The first-order chi connectivity index (χ1) is 3.66. The predicted octanol–water partition coefficient (Wildman–Crippen LogP) is 1.45. The third-order valence-corrected chi connectivity index (χ3v) is 1.20. The molecule has 0 fully saturated rings. The molecule has 0 spiro atoms. The molecule has 0 aromatic heterocycles. The van der Waals surface area contributed by atoms with Gasteiger partial charge in [-0.2, -0.15) is 0 Å². The second-order valence-electron chi connectivity index (χ2n) is 1.93. The summed E-state index contributed by atoms with van der Waals surface area (Å²) in [7, 11) is 0. The highest BCUT2D eigenvalue weighted by Gasteiger charge is 2.00.